The molecule has 6 nitrogen and oxygen atoms in total. The first-order chi connectivity index (χ1) is 11.2. The third kappa shape index (κ3) is 3.99. The third-order valence-corrected chi connectivity index (χ3v) is 4.37. The van der Waals surface area contributed by atoms with E-state index in [-0.39, 0.29) is 5.91 Å². The third-order valence-electron chi connectivity index (χ3n) is 2.81. The number of ether oxygens (including phenoxy) is 1. The van der Waals surface area contributed by atoms with Crippen molar-refractivity contribution in [3.05, 3.63) is 52.2 Å². The molecule has 0 bridgehead atoms. The molecular formula is C15H12N4O2S2. The molecule has 8 heteroatoms. The molecule has 1 N–H and O–H groups in total. The van der Waals surface area contributed by atoms with Gasteiger partial charge in [-0.2, -0.15) is 0 Å². The quantitative estimate of drug-likeness (QED) is 0.717. The Labute approximate surface area is 140 Å². The van der Waals surface area contributed by atoms with Crippen molar-refractivity contribution >= 4 is 45.1 Å². The van der Waals surface area contributed by atoms with Crippen molar-refractivity contribution in [2.75, 3.05) is 12.4 Å². The Morgan fingerprint density at radius 1 is 1.30 bits per heavy atom. The fourth-order valence-corrected chi connectivity index (χ4v) is 2.91. The minimum atomic E-state index is -0.270. The van der Waals surface area contributed by atoms with Gasteiger partial charge in [0.2, 0.25) is 10.3 Å². The highest BCUT2D eigenvalue weighted by molar-refractivity contribution is 7.19. The van der Waals surface area contributed by atoms with E-state index < -0.39 is 0 Å². The summed E-state index contributed by atoms with van der Waals surface area (Å²) >= 11 is 2.79. The van der Waals surface area contributed by atoms with Crippen LogP contribution in [0.4, 0.5) is 10.3 Å². The lowest BCUT2D eigenvalue weighted by Crippen LogP contribution is -2.11. The number of aromatic nitrogens is 2. The van der Waals surface area contributed by atoms with E-state index in [1.165, 1.54) is 11.3 Å². The van der Waals surface area contributed by atoms with Gasteiger partial charge in [-0.25, -0.2) is 4.99 Å². The zero-order valence-corrected chi connectivity index (χ0v) is 13.7. The highest BCUT2D eigenvalue weighted by Gasteiger charge is 2.10. The number of hydrogen-bond acceptors (Lipinski definition) is 7. The van der Waals surface area contributed by atoms with Crippen LogP contribution in [-0.4, -0.2) is 29.4 Å². The number of nitrogens with one attached hydrogen (secondary N) is 1. The number of rotatable bonds is 5. The van der Waals surface area contributed by atoms with Gasteiger partial charge in [-0.1, -0.05) is 23.5 Å². The Morgan fingerprint density at radius 2 is 2.22 bits per heavy atom. The lowest BCUT2D eigenvalue weighted by molar-refractivity contribution is 0.102. The van der Waals surface area contributed by atoms with Gasteiger partial charge in [-0.3, -0.25) is 10.1 Å². The molecule has 1 aromatic carbocycles. The molecule has 3 aromatic rings. The number of carbonyl (C=O) groups is 1. The van der Waals surface area contributed by atoms with E-state index >= 15 is 0 Å². The Morgan fingerprint density at radius 3 is 3.00 bits per heavy atom. The summed E-state index contributed by atoms with van der Waals surface area (Å²) in [6.45, 7) is 0. The van der Waals surface area contributed by atoms with Crippen LogP contribution in [0.5, 0.6) is 5.75 Å². The molecule has 2 heterocycles. The Bertz CT molecular complexity index is 828. The zero-order chi connectivity index (χ0) is 16.1. The summed E-state index contributed by atoms with van der Waals surface area (Å²) in [5.74, 6) is 0.352. The molecule has 0 unspecified atom stereocenters. The number of hydrogen-bond donors (Lipinski definition) is 1. The fraction of sp³-hybridized carbons (Fsp3) is 0.0667. The summed E-state index contributed by atoms with van der Waals surface area (Å²) < 4.78 is 5.10. The van der Waals surface area contributed by atoms with Gasteiger partial charge in [0.25, 0.3) is 5.91 Å². The van der Waals surface area contributed by atoms with Gasteiger partial charge in [-0.15, -0.1) is 21.5 Å². The summed E-state index contributed by atoms with van der Waals surface area (Å²) in [6, 6.07) is 10.8. The molecule has 23 heavy (non-hydrogen) atoms. The number of carbonyl (C=O) groups excluding carboxylic acids is 1. The van der Waals surface area contributed by atoms with E-state index in [9.17, 15) is 4.79 Å². The van der Waals surface area contributed by atoms with Crippen LogP contribution in [0.25, 0.3) is 0 Å². The van der Waals surface area contributed by atoms with Crippen LogP contribution in [0.1, 0.15) is 15.2 Å². The van der Waals surface area contributed by atoms with Gasteiger partial charge in [-0.05, 0) is 29.6 Å². The van der Waals surface area contributed by atoms with Crippen LogP contribution in [0.3, 0.4) is 0 Å². The molecule has 0 spiro atoms. The van der Waals surface area contributed by atoms with Crippen LogP contribution in [-0.2, 0) is 0 Å². The smallest absolute Gasteiger partial charge is 0.257 e. The highest BCUT2D eigenvalue weighted by atomic mass is 32.1. The zero-order valence-electron chi connectivity index (χ0n) is 12.1. The second-order valence-corrected chi connectivity index (χ2v) is 6.28. The van der Waals surface area contributed by atoms with Crippen LogP contribution in [0.2, 0.25) is 0 Å². The van der Waals surface area contributed by atoms with Crippen molar-refractivity contribution in [3.8, 4) is 5.75 Å². The monoisotopic (exact) mass is 344 g/mol. The molecule has 0 aliphatic heterocycles. The van der Waals surface area contributed by atoms with Crippen molar-refractivity contribution in [2.45, 2.75) is 0 Å². The van der Waals surface area contributed by atoms with Crippen LogP contribution >= 0.6 is 22.7 Å². The van der Waals surface area contributed by atoms with Crippen molar-refractivity contribution < 1.29 is 9.53 Å². The number of benzene rings is 1. The summed E-state index contributed by atoms with van der Waals surface area (Å²) in [6.07, 6.45) is 1.72. The number of amides is 1. The van der Waals surface area contributed by atoms with Crippen LogP contribution < -0.4 is 10.1 Å². The molecule has 116 valence electrons. The van der Waals surface area contributed by atoms with E-state index in [2.05, 4.69) is 20.5 Å². The topological polar surface area (TPSA) is 76.5 Å². The Balaban J connectivity index is 1.67. The first kappa shape index (κ1) is 15.3. The largest absolute Gasteiger partial charge is 0.497 e. The maximum absolute atomic E-state index is 12.2. The first-order valence-electron chi connectivity index (χ1n) is 6.61. The van der Waals surface area contributed by atoms with Crippen molar-refractivity contribution in [1.29, 1.82) is 0 Å². The molecule has 0 aliphatic carbocycles. The second kappa shape index (κ2) is 7.12. The minimum Gasteiger partial charge on any atom is -0.497 e. The molecule has 0 atom stereocenters. The summed E-state index contributed by atoms with van der Waals surface area (Å²) in [5.41, 5.74) is 0.489. The van der Waals surface area contributed by atoms with Gasteiger partial charge in [0, 0.05) is 16.7 Å². The van der Waals surface area contributed by atoms with E-state index in [0.29, 0.717) is 21.6 Å². The fourth-order valence-electron chi connectivity index (χ4n) is 1.74. The average Bonchev–Trinajstić information content (AvgIpc) is 3.24. The van der Waals surface area contributed by atoms with E-state index in [0.717, 1.165) is 4.88 Å². The first-order valence-corrected chi connectivity index (χ1v) is 8.31. The lowest BCUT2D eigenvalue weighted by Gasteiger charge is -2.03. The summed E-state index contributed by atoms with van der Waals surface area (Å²) in [4.78, 5) is 17.4. The maximum atomic E-state index is 12.2. The predicted molar refractivity (Wildman–Crippen MR) is 92.4 cm³/mol. The standard InChI is InChI=1S/C15H12N4O2S2/c1-21-11-5-2-4-10(8-11)13(20)17-15-19-18-14(23-15)16-9-12-6-3-7-22-12/h2-9H,1H3,(H,17,19,20)/b16-9+. The second-order valence-electron chi connectivity index (χ2n) is 4.35. The van der Waals surface area contributed by atoms with Gasteiger partial charge >= 0.3 is 0 Å². The molecule has 2 aromatic heterocycles. The number of nitrogens with zero attached hydrogens (tertiary/aromatic N) is 3. The van der Waals surface area contributed by atoms with Gasteiger partial charge in [0.05, 0.1) is 7.11 Å². The number of thiophene rings is 1. The van der Waals surface area contributed by atoms with Crippen molar-refractivity contribution in [3.63, 3.8) is 0 Å². The summed E-state index contributed by atoms with van der Waals surface area (Å²) in [5, 5.41) is 13.4. The van der Waals surface area contributed by atoms with E-state index in [1.807, 2.05) is 17.5 Å². The number of methoxy groups -OCH3 is 1. The van der Waals surface area contributed by atoms with Crippen LogP contribution in [0, 0.1) is 0 Å². The van der Waals surface area contributed by atoms with Crippen LogP contribution in [0.15, 0.2) is 46.8 Å². The van der Waals surface area contributed by atoms with Gasteiger partial charge < -0.3 is 4.74 Å². The van der Waals surface area contributed by atoms with Gasteiger partial charge in [0.1, 0.15) is 5.75 Å². The normalized spacial score (nSPS) is 10.8. The molecule has 0 saturated heterocycles. The highest BCUT2D eigenvalue weighted by Crippen LogP contribution is 2.24. The van der Waals surface area contributed by atoms with Gasteiger partial charge in [0.15, 0.2) is 0 Å². The molecular weight excluding hydrogens is 332 g/mol. The lowest BCUT2D eigenvalue weighted by atomic mass is 10.2. The molecule has 0 aliphatic rings. The van der Waals surface area contributed by atoms with Crippen molar-refractivity contribution in [2.24, 2.45) is 4.99 Å². The Kier molecular flexibility index (Phi) is 4.74. The molecule has 3 rings (SSSR count). The van der Waals surface area contributed by atoms with E-state index in [1.54, 1.807) is 48.9 Å². The minimum absolute atomic E-state index is 0.270. The molecule has 0 fully saturated rings. The SMILES string of the molecule is COc1cccc(C(=O)Nc2nnc(/N=C/c3cccs3)s2)c1. The van der Waals surface area contributed by atoms with E-state index in [4.69, 9.17) is 4.74 Å². The average molecular weight is 344 g/mol. The van der Waals surface area contributed by atoms with Crippen molar-refractivity contribution in [1.82, 2.24) is 10.2 Å². The molecule has 1 amide bonds. The Hall–Kier alpha value is -2.58. The number of anilines is 1. The maximum Gasteiger partial charge on any atom is 0.257 e. The molecule has 0 saturated carbocycles. The predicted octanol–water partition coefficient (Wildman–Crippen LogP) is 3.61. The number of aliphatic imine (C=N–C) groups is 1. The molecule has 0 radical (unpaired) electrons. The summed E-state index contributed by atoms with van der Waals surface area (Å²) in [7, 11) is 1.56.